The number of rotatable bonds is 7. The highest BCUT2D eigenvalue weighted by molar-refractivity contribution is 8.14. The van der Waals surface area contributed by atoms with Crippen molar-refractivity contribution in [1.29, 1.82) is 0 Å². The summed E-state index contributed by atoms with van der Waals surface area (Å²) in [5.74, 6) is 1.47. The molecule has 1 unspecified atom stereocenters. The quantitative estimate of drug-likeness (QED) is 0.324. The van der Waals surface area contributed by atoms with Crippen LogP contribution in [0.2, 0.25) is 0 Å². The molecule has 0 amide bonds. The second-order valence-electron chi connectivity index (χ2n) is 3.31. The van der Waals surface area contributed by atoms with Crippen molar-refractivity contribution < 1.29 is 4.74 Å². The molecule has 0 bridgehead atoms. The Bertz CT molecular complexity index is 406. The van der Waals surface area contributed by atoms with Crippen molar-refractivity contribution in [3.63, 3.8) is 0 Å². The number of benzene rings is 1. The number of para-hydroxylation sites is 1. The first kappa shape index (κ1) is 14.9. The molecule has 2 nitrogen and oxygen atoms in total. The summed E-state index contributed by atoms with van der Waals surface area (Å²) in [5.41, 5.74) is -0.586. The number of halogens is 1. The van der Waals surface area contributed by atoms with E-state index in [4.69, 9.17) is 16.3 Å². The first-order valence-electron chi connectivity index (χ1n) is 5.52. The van der Waals surface area contributed by atoms with Gasteiger partial charge in [-0.15, -0.1) is 24.9 Å². The number of hydrogen-bond acceptors (Lipinski definition) is 3. The Kier molecular flexibility index (Phi) is 7.30. The number of hydrogen-bond donors (Lipinski definition) is 0. The molecule has 0 saturated carbocycles. The zero-order chi connectivity index (χ0) is 13.2. The van der Waals surface area contributed by atoms with E-state index < -0.39 is 5.56 Å². The van der Waals surface area contributed by atoms with E-state index in [1.807, 2.05) is 30.3 Å². The van der Waals surface area contributed by atoms with Gasteiger partial charge in [0.2, 0.25) is 5.56 Å². The molecule has 1 aromatic rings. The Balaban J connectivity index is 2.66. The van der Waals surface area contributed by atoms with Crippen LogP contribution in [0.5, 0.6) is 5.75 Å². The maximum atomic E-state index is 6.21. The molecule has 18 heavy (non-hydrogen) atoms. The van der Waals surface area contributed by atoms with E-state index in [-0.39, 0.29) is 0 Å². The minimum Gasteiger partial charge on any atom is -0.468 e. The molecule has 0 radical (unpaired) electrons. The van der Waals surface area contributed by atoms with Crippen molar-refractivity contribution in [2.24, 2.45) is 4.99 Å². The summed E-state index contributed by atoms with van der Waals surface area (Å²) in [4.78, 5) is 4.33. The molecule has 0 spiro atoms. The van der Waals surface area contributed by atoms with Crippen LogP contribution in [-0.2, 0) is 0 Å². The monoisotopic (exact) mass is 281 g/mol. The van der Waals surface area contributed by atoms with E-state index in [0.717, 1.165) is 16.5 Å². The lowest BCUT2D eigenvalue weighted by molar-refractivity contribution is 0.344. The molecule has 0 saturated heterocycles. The third-order valence-electron chi connectivity index (χ3n) is 1.90. The van der Waals surface area contributed by atoms with E-state index in [1.165, 1.54) is 11.8 Å². The lowest BCUT2D eigenvalue weighted by Crippen LogP contribution is -2.19. The fourth-order valence-electron chi connectivity index (χ4n) is 1.15. The summed E-state index contributed by atoms with van der Waals surface area (Å²) in [5, 5.41) is 0.736. The number of nitrogens with zero attached hydrogens (tertiary/aromatic N) is 1. The van der Waals surface area contributed by atoms with Crippen molar-refractivity contribution >= 4 is 28.4 Å². The minimum absolute atomic E-state index is 0.529. The van der Waals surface area contributed by atoms with E-state index in [1.54, 1.807) is 12.2 Å². The number of thioether (sulfide) groups is 1. The summed E-state index contributed by atoms with van der Waals surface area (Å²) >= 11 is 7.73. The zero-order valence-electron chi connectivity index (χ0n) is 10.1. The van der Waals surface area contributed by atoms with Gasteiger partial charge < -0.3 is 4.74 Å². The zero-order valence-corrected chi connectivity index (χ0v) is 11.7. The maximum absolute atomic E-state index is 6.21. The highest BCUT2D eigenvalue weighted by atomic mass is 35.5. The largest absolute Gasteiger partial charge is 0.468 e. The standard InChI is InChI=1S/C14H16ClNOS/c1-3-10-16-14(18-11-4-2)13(15)17-12-8-6-5-7-9-12/h3-9,13H,1-2,10-11H2. The Morgan fingerprint density at radius 1 is 1.33 bits per heavy atom. The molecule has 1 rings (SSSR count). The van der Waals surface area contributed by atoms with Crippen molar-refractivity contribution in [3.05, 3.63) is 55.6 Å². The van der Waals surface area contributed by atoms with Crippen LogP contribution in [0.3, 0.4) is 0 Å². The molecule has 0 aliphatic carbocycles. The molecular formula is C14H16ClNOS. The Morgan fingerprint density at radius 2 is 2.06 bits per heavy atom. The van der Waals surface area contributed by atoms with Crippen LogP contribution in [0.4, 0.5) is 0 Å². The molecular weight excluding hydrogens is 266 g/mol. The minimum atomic E-state index is -0.586. The predicted molar refractivity (Wildman–Crippen MR) is 81.9 cm³/mol. The van der Waals surface area contributed by atoms with Gasteiger partial charge in [0.05, 0.1) is 6.54 Å². The summed E-state index contributed by atoms with van der Waals surface area (Å²) < 4.78 is 5.62. The molecule has 0 N–H and O–H groups in total. The summed E-state index contributed by atoms with van der Waals surface area (Å²) in [7, 11) is 0. The summed E-state index contributed by atoms with van der Waals surface area (Å²) in [6, 6.07) is 9.44. The van der Waals surface area contributed by atoms with Gasteiger partial charge in [0, 0.05) is 5.75 Å². The molecule has 1 aromatic carbocycles. The first-order valence-corrected chi connectivity index (χ1v) is 6.95. The third kappa shape index (κ3) is 5.43. The fourth-order valence-corrected chi connectivity index (χ4v) is 2.15. The third-order valence-corrected chi connectivity index (χ3v) is 3.37. The van der Waals surface area contributed by atoms with Gasteiger partial charge in [0.15, 0.2) is 0 Å². The van der Waals surface area contributed by atoms with Crippen LogP contribution in [-0.4, -0.2) is 22.9 Å². The Hall–Kier alpha value is -1.19. The topological polar surface area (TPSA) is 21.6 Å². The lowest BCUT2D eigenvalue weighted by atomic mass is 10.3. The predicted octanol–water partition coefficient (Wildman–Crippen LogP) is 4.13. The van der Waals surface area contributed by atoms with Gasteiger partial charge in [-0.2, -0.15) is 0 Å². The van der Waals surface area contributed by atoms with Gasteiger partial charge in [-0.05, 0) is 12.1 Å². The molecule has 1 atom stereocenters. The van der Waals surface area contributed by atoms with E-state index in [0.29, 0.717) is 6.54 Å². The van der Waals surface area contributed by atoms with Crippen LogP contribution in [0.15, 0.2) is 60.6 Å². The Morgan fingerprint density at radius 3 is 2.67 bits per heavy atom. The van der Waals surface area contributed by atoms with E-state index in [2.05, 4.69) is 18.2 Å². The normalized spacial score (nSPS) is 12.8. The average molecular weight is 282 g/mol. The number of aliphatic imine (C=N–C) groups is 1. The van der Waals surface area contributed by atoms with E-state index >= 15 is 0 Å². The van der Waals surface area contributed by atoms with Crippen LogP contribution >= 0.6 is 23.4 Å². The lowest BCUT2D eigenvalue weighted by Gasteiger charge is -2.14. The second kappa shape index (κ2) is 8.84. The van der Waals surface area contributed by atoms with Gasteiger partial charge >= 0.3 is 0 Å². The van der Waals surface area contributed by atoms with Gasteiger partial charge in [0.1, 0.15) is 10.8 Å². The van der Waals surface area contributed by atoms with Crippen molar-refractivity contribution in [3.8, 4) is 5.75 Å². The number of alkyl halides is 1. The van der Waals surface area contributed by atoms with Crippen molar-refractivity contribution in [2.45, 2.75) is 5.56 Å². The van der Waals surface area contributed by atoms with Crippen LogP contribution < -0.4 is 4.74 Å². The smallest absolute Gasteiger partial charge is 0.219 e. The van der Waals surface area contributed by atoms with Gasteiger partial charge in [-0.25, -0.2) is 0 Å². The van der Waals surface area contributed by atoms with Crippen molar-refractivity contribution in [2.75, 3.05) is 12.3 Å². The summed E-state index contributed by atoms with van der Waals surface area (Å²) in [6.45, 7) is 7.84. The van der Waals surface area contributed by atoms with Gasteiger partial charge in [0.25, 0.3) is 0 Å². The molecule has 0 aliphatic heterocycles. The SMILES string of the molecule is C=CCN=C(SCC=C)C(Cl)Oc1ccccc1. The summed E-state index contributed by atoms with van der Waals surface area (Å²) in [6.07, 6.45) is 3.53. The molecule has 0 fully saturated rings. The molecule has 0 aromatic heterocycles. The average Bonchev–Trinajstić information content (AvgIpc) is 2.40. The highest BCUT2D eigenvalue weighted by Crippen LogP contribution is 2.19. The fraction of sp³-hybridized carbons (Fsp3) is 0.214. The molecule has 0 aliphatic rings. The number of ether oxygens (including phenoxy) is 1. The highest BCUT2D eigenvalue weighted by Gasteiger charge is 2.14. The van der Waals surface area contributed by atoms with Crippen molar-refractivity contribution in [1.82, 2.24) is 0 Å². The van der Waals surface area contributed by atoms with Crippen LogP contribution in [0, 0.1) is 0 Å². The molecule has 0 heterocycles. The Labute approximate surface area is 117 Å². The van der Waals surface area contributed by atoms with Gasteiger partial charge in [-0.3, -0.25) is 4.99 Å². The molecule has 96 valence electrons. The second-order valence-corrected chi connectivity index (χ2v) is 4.75. The maximum Gasteiger partial charge on any atom is 0.219 e. The molecule has 4 heteroatoms. The van der Waals surface area contributed by atoms with Gasteiger partial charge in [-0.1, -0.05) is 42.0 Å². The van der Waals surface area contributed by atoms with Crippen LogP contribution in [0.1, 0.15) is 0 Å². The first-order chi connectivity index (χ1) is 8.77. The van der Waals surface area contributed by atoms with E-state index in [9.17, 15) is 0 Å². The van der Waals surface area contributed by atoms with Crippen LogP contribution in [0.25, 0.3) is 0 Å².